The first-order valence-corrected chi connectivity index (χ1v) is 10.8. The van der Waals surface area contributed by atoms with Crippen molar-refractivity contribution in [2.75, 3.05) is 5.32 Å². The molecule has 0 aliphatic heterocycles. The summed E-state index contributed by atoms with van der Waals surface area (Å²) in [7, 11) is 0. The van der Waals surface area contributed by atoms with Crippen LogP contribution in [-0.4, -0.2) is 33.0 Å². The first-order valence-electron chi connectivity index (χ1n) is 10.8. The Morgan fingerprint density at radius 1 is 1.09 bits per heavy atom. The van der Waals surface area contributed by atoms with Crippen LogP contribution in [0.1, 0.15) is 47.4 Å². The molecule has 0 aliphatic rings. The Hall–Kier alpha value is -3.61. The maximum atomic E-state index is 13.0. The van der Waals surface area contributed by atoms with Crippen molar-refractivity contribution in [1.29, 1.82) is 0 Å². The number of aromatic amines is 1. The van der Waals surface area contributed by atoms with Gasteiger partial charge in [0.25, 0.3) is 5.91 Å². The standard InChI is InChI=1S/C25H30N4O3/c1-17(2)12-23(25(31)32)29-24(30)22-11-10-20(27-15-21-14-26-16-28-21)13-19(22)9-8-18-6-4-3-5-7-18/h3-7,10-11,13-14,16-17,23,27H,8-9,12,15H2,1-2H3,(H,26,28)(H,29,30)(H,31,32)/t23-/m0/s1. The third-order valence-electron chi connectivity index (χ3n) is 5.22. The molecule has 0 radical (unpaired) electrons. The molecule has 2 aromatic carbocycles. The van der Waals surface area contributed by atoms with Gasteiger partial charge in [0.2, 0.25) is 0 Å². The topological polar surface area (TPSA) is 107 Å². The molecule has 0 saturated carbocycles. The number of aliphatic carboxylic acids is 1. The minimum Gasteiger partial charge on any atom is -0.480 e. The number of anilines is 1. The van der Waals surface area contributed by atoms with Crippen LogP contribution in [0, 0.1) is 5.92 Å². The summed E-state index contributed by atoms with van der Waals surface area (Å²) in [4.78, 5) is 31.7. The minimum absolute atomic E-state index is 0.156. The molecule has 0 aliphatic carbocycles. The van der Waals surface area contributed by atoms with Crippen molar-refractivity contribution in [2.24, 2.45) is 5.92 Å². The van der Waals surface area contributed by atoms with Crippen molar-refractivity contribution >= 4 is 17.6 Å². The highest BCUT2D eigenvalue weighted by atomic mass is 16.4. The van der Waals surface area contributed by atoms with Crippen LogP contribution in [0.3, 0.4) is 0 Å². The summed E-state index contributed by atoms with van der Waals surface area (Å²) in [6, 6.07) is 14.7. The molecule has 0 fully saturated rings. The molecule has 1 atom stereocenters. The lowest BCUT2D eigenvalue weighted by Crippen LogP contribution is -2.42. The molecule has 7 heteroatoms. The monoisotopic (exact) mass is 434 g/mol. The summed E-state index contributed by atoms with van der Waals surface area (Å²) >= 11 is 0. The number of nitrogens with one attached hydrogen (secondary N) is 3. The maximum Gasteiger partial charge on any atom is 0.326 e. The Morgan fingerprint density at radius 3 is 2.53 bits per heavy atom. The van der Waals surface area contributed by atoms with Crippen LogP contribution in [-0.2, 0) is 24.2 Å². The zero-order chi connectivity index (χ0) is 22.9. The molecule has 1 heterocycles. The Bertz CT molecular complexity index is 1020. The van der Waals surface area contributed by atoms with E-state index in [2.05, 4.69) is 32.7 Å². The second-order valence-corrected chi connectivity index (χ2v) is 8.28. The maximum absolute atomic E-state index is 13.0. The van der Waals surface area contributed by atoms with Gasteiger partial charge >= 0.3 is 5.97 Å². The van der Waals surface area contributed by atoms with Gasteiger partial charge in [-0.1, -0.05) is 44.2 Å². The molecule has 1 aromatic heterocycles. The number of carbonyl (C=O) groups excluding carboxylic acids is 1. The summed E-state index contributed by atoms with van der Waals surface area (Å²) in [5.74, 6) is -1.22. The largest absolute Gasteiger partial charge is 0.480 e. The first-order chi connectivity index (χ1) is 15.4. The molecule has 0 unspecified atom stereocenters. The van der Waals surface area contributed by atoms with E-state index >= 15 is 0 Å². The molecule has 32 heavy (non-hydrogen) atoms. The quantitative estimate of drug-likeness (QED) is 0.364. The van der Waals surface area contributed by atoms with Crippen LogP contribution < -0.4 is 10.6 Å². The van der Waals surface area contributed by atoms with E-state index in [1.165, 1.54) is 5.56 Å². The molecule has 4 N–H and O–H groups in total. The third kappa shape index (κ3) is 6.70. The number of amides is 1. The zero-order valence-corrected chi connectivity index (χ0v) is 18.5. The minimum atomic E-state index is -1.02. The number of carbonyl (C=O) groups is 2. The van der Waals surface area contributed by atoms with Gasteiger partial charge in [-0.2, -0.15) is 0 Å². The van der Waals surface area contributed by atoms with Crippen molar-refractivity contribution in [3.63, 3.8) is 0 Å². The average molecular weight is 435 g/mol. The van der Waals surface area contributed by atoms with Crippen molar-refractivity contribution in [2.45, 2.75) is 45.7 Å². The highest BCUT2D eigenvalue weighted by Gasteiger charge is 2.23. The molecule has 168 valence electrons. The van der Waals surface area contributed by atoms with Gasteiger partial charge in [-0.3, -0.25) is 4.79 Å². The average Bonchev–Trinajstić information content (AvgIpc) is 3.30. The molecule has 7 nitrogen and oxygen atoms in total. The van der Waals surface area contributed by atoms with Crippen molar-refractivity contribution in [3.05, 3.63) is 83.4 Å². The number of carboxylic acids is 1. The number of rotatable bonds is 11. The number of aromatic nitrogens is 2. The van der Waals surface area contributed by atoms with Gasteiger partial charge in [-0.15, -0.1) is 0 Å². The molecular weight excluding hydrogens is 404 g/mol. The van der Waals surface area contributed by atoms with E-state index in [1.54, 1.807) is 18.6 Å². The van der Waals surface area contributed by atoms with Crippen LogP contribution in [0.15, 0.2) is 61.1 Å². The number of nitrogens with zero attached hydrogens (tertiary/aromatic N) is 1. The van der Waals surface area contributed by atoms with Gasteiger partial charge in [-0.25, -0.2) is 9.78 Å². The number of H-pyrrole nitrogens is 1. The summed E-state index contributed by atoms with van der Waals surface area (Å²) < 4.78 is 0. The van der Waals surface area contributed by atoms with Gasteiger partial charge in [-0.05, 0) is 54.5 Å². The summed E-state index contributed by atoms with van der Waals surface area (Å²) in [6.07, 6.45) is 5.20. The van der Waals surface area contributed by atoms with Crippen LogP contribution in [0.25, 0.3) is 0 Å². The summed E-state index contributed by atoms with van der Waals surface area (Å²) in [5, 5.41) is 15.6. The Balaban J connectivity index is 1.80. The third-order valence-corrected chi connectivity index (χ3v) is 5.22. The van der Waals surface area contributed by atoms with Gasteiger partial charge in [0.05, 0.1) is 18.6 Å². The lowest BCUT2D eigenvalue weighted by Gasteiger charge is -2.18. The normalized spacial score (nSPS) is 11.8. The lowest BCUT2D eigenvalue weighted by molar-refractivity contribution is -0.139. The number of imidazole rings is 1. The van der Waals surface area contributed by atoms with Crippen molar-refractivity contribution < 1.29 is 14.7 Å². The smallest absolute Gasteiger partial charge is 0.326 e. The van der Waals surface area contributed by atoms with E-state index in [0.717, 1.165) is 23.4 Å². The predicted molar refractivity (Wildman–Crippen MR) is 125 cm³/mol. The molecule has 3 aromatic rings. The van der Waals surface area contributed by atoms with Crippen LogP contribution in [0.2, 0.25) is 0 Å². The van der Waals surface area contributed by atoms with E-state index in [1.807, 2.05) is 44.2 Å². The number of hydrogen-bond acceptors (Lipinski definition) is 4. The molecule has 0 spiro atoms. The first kappa shape index (κ1) is 23.1. The Labute approximate surface area is 188 Å². The van der Waals surface area contributed by atoms with Crippen molar-refractivity contribution in [3.8, 4) is 0 Å². The predicted octanol–water partition coefficient (Wildman–Crippen LogP) is 4.04. The summed E-state index contributed by atoms with van der Waals surface area (Å²) in [6.45, 7) is 4.46. The lowest BCUT2D eigenvalue weighted by atomic mass is 9.97. The highest BCUT2D eigenvalue weighted by molar-refractivity contribution is 5.98. The second-order valence-electron chi connectivity index (χ2n) is 8.28. The highest BCUT2D eigenvalue weighted by Crippen LogP contribution is 2.20. The molecular formula is C25H30N4O3. The Kier molecular flexibility index (Phi) is 8.02. The number of hydrogen-bond donors (Lipinski definition) is 4. The van der Waals surface area contributed by atoms with Crippen molar-refractivity contribution in [1.82, 2.24) is 15.3 Å². The fraction of sp³-hybridized carbons (Fsp3) is 0.320. The van der Waals surface area contributed by atoms with E-state index < -0.39 is 12.0 Å². The fourth-order valence-corrected chi connectivity index (χ4v) is 3.56. The Morgan fingerprint density at radius 2 is 1.88 bits per heavy atom. The molecule has 0 bridgehead atoms. The SMILES string of the molecule is CC(C)C[C@H](NC(=O)c1ccc(NCc2cnc[nH]2)cc1CCc1ccccc1)C(=O)O. The number of carboxylic acid groups (broad SMARTS) is 1. The van der Waals surface area contributed by atoms with Gasteiger partial charge in [0, 0.05) is 17.4 Å². The van der Waals surface area contributed by atoms with Gasteiger partial charge < -0.3 is 20.7 Å². The van der Waals surface area contributed by atoms with Gasteiger partial charge in [0.1, 0.15) is 6.04 Å². The second kappa shape index (κ2) is 11.1. The summed E-state index contributed by atoms with van der Waals surface area (Å²) in [5.41, 5.74) is 4.39. The van der Waals surface area contributed by atoms with Crippen LogP contribution >= 0.6 is 0 Å². The fourth-order valence-electron chi connectivity index (χ4n) is 3.56. The molecule has 1 amide bonds. The number of aryl methyl sites for hydroxylation is 2. The zero-order valence-electron chi connectivity index (χ0n) is 18.5. The van der Waals surface area contributed by atoms with Gasteiger partial charge in [0.15, 0.2) is 0 Å². The molecule has 0 saturated heterocycles. The van der Waals surface area contributed by atoms with Crippen LogP contribution in [0.5, 0.6) is 0 Å². The van der Waals surface area contributed by atoms with E-state index in [0.29, 0.717) is 24.9 Å². The van der Waals surface area contributed by atoms with E-state index in [4.69, 9.17) is 0 Å². The van der Waals surface area contributed by atoms with Crippen LogP contribution in [0.4, 0.5) is 5.69 Å². The van der Waals surface area contributed by atoms with E-state index in [-0.39, 0.29) is 11.8 Å². The molecule has 3 rings (SSSR count). The number of benzene rings is 2. The van der Waals surface area contributed by atoms with E-state index in [9.17, 15) is 14.7 Å².